The van der Waals surface area contributed by atoms with Crippen molar-refractivity contribution in [2.24, 2.45) is 0 Å². The Kier molecular flexibility index (Phi) is 4.11. The van der Waals surface area contributed by atoms with Crippen LogP contribution in [-0.2, 0) is 0 Å². The molecule has 0 aliphatic heterocycles. The first-order valence-corrected chi connectivity index (χ1v) is 3.51. The molecule has 0 aliphatic carbocycles. The lowest BCUT2D eigenvalue weighted by Crippen LogP contribution is -1.80. The Morgan fingerprint density at radius 1 is 1.60 bits per heavy atom. The first kappa shape index (κ1) is 9.49. The van der Waals surface area contributed by atoms with Gasteiger partial charge in [0.05, 0.1) is 4.48 Å². The zero-order valence-corrected chi connectivity index (χ0v) is 7.02. The summed E-state index contributed by atoms with van der Waals surface area (Å²) in [5.74, 6) is 0.00389. The van der Waals surface area contributed by atoms with E-state index in [1.54, 1.807) is 6.92 Å². The molecule has 10 heavy (non-hydrogen) atoms. The fourth-order valence-corrected chi connectivity index (χ4v) is 0.826. The molecule has 0 aromatic carbocycles. The average molecular weight is 211 g/mol. The first-order valence-electron chi connectivity index (χ1n) is 2.71. The minimum absolute atomic E-state index is 0.00389. The summed E-state index contributed by atoms with van der Waals surface area (Å²) in [6, 6.07) is -1.33. The third-order valence-electron chi connectivity index (χ3n) is 0.856. The van der Waals surface area contributed by atoms with E-state index >= 15 is 0 Å². The van der Waals surface area contributed by atoms with E-state index in [1.165, 1.54) is 0 Å². The van der Waals surface area contributed by atoms with Crippen molar-refractivity contribution >= 4 is 15.9 Å². The molecule has 0 radical (unpaired) electrons. The van der Waals surface area contributed by atoms with Crippen molar-refractivity contribution in [3.05, 3.63) is 22.3 Å². The lowest BCUT2D eigenvalue weighted by atomic mass is 10.3. The van der Waals surface area contributed by atoms with E-state index in [4.69, 9.17) is 10.2 Å². The van der Waals surface area contributed by atoms with Crippen molar-refractivity contribution in [3.8, 4) is 0 Å². The van der Waals surface area contributed by atoms with Crippen LogP contribution in [0.3, 0.4) is 0 Å². The van der Waals surface area contributed by atoms with Crippen LogP contribution < -0.4 is 0 Å². The fraction of sp³-hybridized carbons (Fsp3) is 0.333. The van der Waals surface area contributed by atoms with Gasteiger partial charge in [-0.1, -0.05) is 6.92 Å². The summed E-state index contributed by atoms with van der Waals surface area (Å²) < 4.78 is 11.9. The molecular weight excluding hydrogens is 203 g/mol. The van der Waals surface area contributed by atoms with E-state index in [0.717, 1.165) is 6.08 Å². The molecule has 0 fully saturated rings. The van der Waals surface area contributed by atoms with Gasteiger partial charge in [-0.3, -0.25) is 0 Å². The molecule has 0 aromatic heterocycles. The molecule has 0 saturated heterocycles. The maximum atomic E-state index is 11.7. The Hall–Kier alpha value is -0.510. The van der Waals surface area contributed by atoms with Crippen LogP contribution in [0, 0.1) is 0 Å². The first-order chi connectivity index (χ1) is 4.57. The Morgan fingerprint density at radius 3 is 2.40 bits per heavy atom. The Labute approximate surface area is 66.8 Å². The number of aliphatic hydroxyl groups is 2. The minimum Gasteiger partial charge on any atom is -0.511 e. The molecule has 0 spiro atoms. The van der Waals surface area contributed by atoms with Crippen LogP contribution in [0.2, 0.25) is 0 Å². The van der Waals surface area contributed by atoms with Crippen LogP contribution in [0.25, 0.3) is 0 Å². The smallest absolute Gasteiger partial charge is 0.271 e. The SMILES string of the molecule is CC/C(O)=C(Br)\C=C(\O)F. The van der Waals surface area contributed by atoms with Crippen molar-refractivity contribution in [1.82, 2.24) is 0 Å². The number of rotatable bonds is 2. The summed E-state index contributed by atoms with van der Waals surface area (Å²) in [4.78, 5) is 0. The van der Waals surface area contributed by atoms with E-state index in [-0.39, 0.29) is 10.2 Å². The van der Waals surface area contributed by atoms with Crippen molar-refractivity contribution in [3.63, 3.8) is 0 Å². The molecule has 0 saturated carbocycles. The fourth-order valence-electron chi connectivity index (χ4n) is 0.357. The van der Waals surface area contributed by atoms with Gasteiger partial charge in [0.1, 0.15) is 5.76 Å². The average Bonchev–Trinajstić information content (AvgIpc) is 1.85. The summed E-state index contributed by atoms with van der Waals surface area (Å²) in [7, 11) is 0. The predicted molar refractivity (Wildman–Crippen MR) is 40.7 cm³/mol. The number of aliphatic hydroxyl groups excluding tert-OH is 2. The Bertz CT molecular complexity index is 171. The normalized spacial score (nSPS) is 14.9. The Balaban J connectivity index is 4.33. The van der Waals surface area contributed by atoms with Crippen molar-refractivity contribution in [1.29, 1.82) is 0 Å². The van der Waals surface area contributed by atoms with Gasteiger partial charge in [0.2, 0.25) is 0 Å². The van der Waals surface area contributed by atoms with Crippen molar-refractivity contribution in [2.45, 2.75) is 13.3 Å². The van der Waals surface area contributed by atoms with Crippen LogP contribution in [0.15, 0.2) is 22.3 Å². The quantitative estimate of drug-likeness (QED) is 0.544. The van der Waals surface area contributed by atoms with Gasteiger partial charge in [-0.05, 0) is 15.9 Å². The van der Waals surface area contributed by atoms with Crippen LogP contribution in [0.1, 0.15) is 13.3 Å². The second-order valence-corrected chi connectivity index (χ2v) is 2.47. The molecule has 0 amide bonds. The zero-order valence-electron chi connectivity index (χ0n) is 5.43. The molecule has 0 aromatic rings. The van der Waals surface area contributed by atoms with Crippen LogP contribution in [0.4, 0.5) is 4.39 Å². The number of hydrogen-bond donors (Lipinski definition) is 2. The minimum atomic E-state index is -1.33. The van der Waals surface area contributed by atoms with Crippen LogP contribution in [-0.4, -0.2) is 10.2 Å². The molecule has 0 aliphatic rings. The molecule has 2 nitrogen and oxygen atoms in total. The van der Waals surface area contributed by atoms with Crippen LogP contribution >= 0.6 is 15.9 Å². The predicted octanol–water partition coefficient (Wildman–Crippen LogP) is 2.93. The van der Waals surface area contributed by atoms with Gasteiger partial charge in [0.15, 0.2) is 0 Å². The standard InChI is InChI=1S/C6H8BrFO2/c1-2-5(9)4(7)3-6(8)10/h3,9-10H,2H2,1H3/b5-4-,6-3+. The topological polar surface area (TPSA) is 40.5 Å². The lowest BCUT2D eigenvalue weighted by Gasteiger charge is -1.94. The highest BCUT2D eigenvalue weighted by molar-refractivity contribution is 9.11. The lowest BCUT2D eigenvalue weighted by molar-refractivity contribution is 0.283. The third kappa shape index (κ3) is 3.50. The van der Waals surface area contributed by atoms with E-state index in [0.29, 0.717) is 6.42 Å². The van der Waals surface area contributed by atoms with E-state index in [1.807, 2.05) is 0 Å². The molecule has 0 unspecified atom stereocenters. The second-order valence-electron chi connectivity index (χ2n) is 1.62. The Morgan fingerprint density at radius 2 is 2.10 bits per heavy atom. The van der Waals surface area contributed by atoms with E-state index < -0.39 is 6.01 Å². The van der Waals surface area contributed by atoms with Gasteiger partial charge in [-0.25, -0.2) is 0 Å². The van der Waals surface area contributed by atoms with E-state index in [2.05, 4.69) is 15.9 Å². The molecule has 0 atom stereocenters. The molecule has 58 valence electrons. The molecular formula is C6H8BrFO2. The summed E-state index contributed by atoms with van der Waals surface area (Å²) in [6.07, 6.45) is 1.18. The third-order valence-corrected chi connectivity index (χ3v) is 1.54. The molecule has 0 heterocycles. The van der Waals surface area contributed by atoms with Crippen molar-refractivity contribution in [2.75, 3.05) is 0 Å². The molecule has 0 bridgehead atoms. The van der Waals surface area contributed by atoms with E-state index in [9.17, 15) is 4.39 Å². The maximum absolute atomic E-state index is 11.7. The highest BCUT2D eigenvalue weighted by Gasteiger charge is 1.97. The zero-order chi connectivity index (χ0) is 8.15. The van der Waals surface area contributed by atoms with Crippen molar-refractivity contribution < 1.29 is 14.6 Å². The van der Waals surface area contributed by atoms with Gasteiger partial charge < -0.3 is 10.2 Å². The van der Waals surface area contributed by atoms with Gasteiger partial charge in [-0.15, -0.1) is 0 Å². The molecule has 4 heteroatoms. The maximum Gasteiger partial charge on any atom is 0.271 e. The second kappa shape index (κ2) is 4.33. The van der Waals surface area contributed by atoms with Gasteiger partial charge >= 0.3 is 0 Å². The highest BCUT2D eigenvalue weighted by Crippen LogP contribution is 2.15. The molecule has 0 rings (SSSR count). The summed E-state index contributed by atoms with van der Waals surface area (Å²) >= 11 is 2.86. The largest absolute Gasteiger partial charge is 0.511 e. The van der Waals surface area contributed by atoms with Crippen LogP contribution in [0.5, 0.6) is 0 Å². The summed E-state index contributed by atoms with van der Waals surface area (Å²) in [6.45, 7) is 1.71. The van der Waals surface area contributed by atoms with Gasteiger partial charge in [-0.2, -0.15) is 4.39 Å². The highest BCUT2D eigenvalue weighted by atomic mass is 79.9. The summed E-state index contributed by atoms with van der Waals surface area (Å²) in [5.41, 5.74) is 0. The number of halogens is 2. The van der Waals surface area contributed by atoms with Gasteiger partial charge in [0.25, 0.3) is 6.01 Å². The molecule has 2 N–H and O–H groups in total. The van der Waals surface area contributed by atoms with Gasteiger partial charge in [0, 0.05) is 12.5 Å². The summed E-state index contributed by atoms with van der Waals surface area (Å²) in [5, 5.41) is 17.0. The number of hydrogen-bond acceptors (Lipinski definition) is 2. The monoisotopic (exact) mass is 210 g/mol. The number of allylic oxidation sites excluding steroid dienone is 3.